The lowest BCUT2D eigenvalue weighted by Crippen LogP contribution is -2.29. The van der Waals surface area contributed by atoms with Crippen LogP contribution in [-0.4, -0.2) is 18.1 Å². The predicted molar refractivity (Wildman–Crippen MR) is 88.1 cm³/mol. The molecule has 4 heteroatoms. The second kappa shape index (κ2) is 7.26. The molecule has 2 N–H and O–H groups in total. The van der Waals surface area contributed by atoms with Gasteiger partial charge in [-0.05, 0) is 40.9 Å². The van der Waals surface area contributed by atoms with Crippen LogP contribution in [0.3, 0.4) is 0 Å². The van der Waals surface area contributed by atoms with Gasteiger partial charge in [0.15, 0.2) is 0 Å². The van der Waals surface area contributed by atoms with Crippen LogP contribution in [0.25, 0.3) is 0 Å². The molecule has 0 aliphatic carbocycles. The zero-order chi connectivity index (χ0) is 13.5. The van der Waals surface area contributed by atoms with Crippen molar-refractivity contribution in [2.75, 3.05) is 18.0 Å². The largest absolute Gasteiger partial charge is 0.393 e. The Morgan fingerprint density at radius 3 is 2.58 bits per heavy atom. The van der Waals surface area contributed by atoms with Gasteiger partial charge in [0.05, 0.1) is 4.99 Å². The van der Waals surface area contributed by atoms with E-state index < -0.39 is 0 Å². The molecule has 0 radical (unpaired) electrons. The van der Waals surface area contributed by atoms with Crippen molar-refractivity contribution in [2.24, 2.45) is 5.73 Å². The number of nitrogens with zero attached hydrogens (tertiary/aromatic N) is 1. The van der Waals surface area contributed by atoms with Gasteiger partial charge in [0, 0.05) is 25.2 Å². The van der Waals surface area contributed by atoms with Crippen molar-refractivity contribution in [3.8, 4) is 0 Å². The molecule has 2 aromatic rings. The smallest absolute Gasteiger partial charge is 0.0745 e. The molecule has 0 saturated heterocycles. The third-order valence-electron chi connectivity index (χ3n) is 3.00. The van der Waals surface area contributed by atoms with Gasteiger partial charge in [-0.15, -0.1) is 0 Å². The summed E-state index contributed by atoms with van der Waals surface area (Å²) in [5.74, 6) is 0. The van der Waals surface area contributed by atoms with E-state index in [9.17, 15) is 0 Å². The summed E-state index contributed by atoms with van der Waals surface area (Å²) in [4.78, 5) is 2.92. The highest BCUT2D eigenvalue weighted by molar-refractivity contribution is 7.80. The first-order chi connectivity index (χ1) is 9.25. The van der Waals surface area contributed by atoms with Gasteiger partial charge in [0.2, 0.25) is 0 Å². The molecular weight excluding hydrogens is 272 g/mol. The van der Waals surface area contributed by atoms with E-state index in [0.29, 0.717) is 4.99 Å². The second-order valence-corrected chi connectivity index (χ2v) is 5.72. The number of hydrogen-bond donors (Lipinski definition) is 1. The zero-order valence-corrected chi connectivity index (χ0v) is 12.4. The van der Waals surface area contributed by atoms with Gasteiger partial charge in [-0.25, -0.2) is 0 Å². The fraction of sp³-hybridized carbons (Fsp3) is 0.267. The summed E-state index contributed by atoms with van der Waals surface area (Å²) in [6.45, 7) is 1.87. The van der Waals surface area contributed by atoms with Gasteiger partial charge in [-0.3, -0.25) is 0 Å². The molecule has 0 bridgehead atoms. The van der Waals surface area contributed by atoms with Gasteiger partial charge in [0.25, 0.3) is 0 Å². The van der Waals surface area contributed by atoms with Crippen molar-refractivity contribution >= 4 is 34.2 Å². The van der Waals surface area contributed by atoms with Crippen molar-refractivity contribution in [3.05, 3.63) is 52.7 Å². The molecule has 0 aliphatic rings. The molecule has 1 aromatic heterocycles. The number of para-hydroxylation sites is 1. The summed E-state index contributed by atoms with van der Waals surface area (Å²) in [5, 5.41) is 4.33. The minimum Gasteiger partial charge on any atom is -0.393 e. The van der Waals surface area contributed by atoms with E-state index in [1.54, 1.807) is 11.3 Å². The van der Waals surface area contributed by atoms with Crippen LogP contribution in [0.4, 0.5) is 5.69 Å². The normalized spacial score (nSPS) is 10.3. The minimum absolute atomic E-state index is 0.580. The van der Waals surface area contributed by atoms with Crippen LogP contribution in [-0.2, 0) is 6.42 Å². The zero-order valence-electron chi connectivity index (χ0n) is 10.8. The summed E-state index contributed by atoms with van der Waals surface area (Å²) >= 11 is 6.73. The maximum absolute atomic E-state index is 5.62. The Kier molecular flexibility index (Phi) is 5.36. The molecule has 0 spiro atoms. The minimum atomic E-state index is 0.580. The van der Waals surface area contributed by atoms with Gasteiger partial charge < -0.3 is 10.6 Å². The monoisotopic (exact) mass is 290 g/mol. The number of thiophene rings is 1. The van der Waals surface area contributed by atoms with Crippen LogP contribution in [0.2, 0.25) is 0 Å². The molecule has 0 unspecified atom stereocenters. The molecule has 1 aromatic carbocycles. The molecule has 0 fully saturated rings. The number of benzene rings is 1. The predicted octanol–water partition coefficient (Wildman–Crippen LogP) is 3.47. The Hall–Kier alpha value is -1.39. The van der Waals surface area contributed by atoms with Gasteiger partial charge in [-0.1, -0.05) is 30.4 Å². The van der Waals surface area contributed by atoms with Crippen LogP contribution in [0.1, 0.15) is 12.0 Å². The molecule has 0 atom stereocenters. The molecule has 0 aliphatic heterocycles. The van der Waals surface area contributed by atoms with E-state index in [0.717, 1.165) is 25.9 Å². The molecule has 2 rings (SSSR count). The fourth-order valence-corrected chi connectivity index (χ4v) is 2.75. The highest BCUT2D eigenvalue weighted by atomic mass is 32.1. The van der Waals surface area contributed by atoms with Gasteiger partial charge in [-0.2, -0.15) is 11.3 Å². The van der Waals surface area contributed by atoms with E-state index in [1.807, 2.05) is 6.07 Å². The molecule has 1 heterocycles. The van der Waals surface area contributed by atoms with E-state index in [2.05, 4.69) is 46.0 Å². The molecular formula is C15H18N2S2. The Bertz CT molecular complexity index is 494. The van der Waals surface area contributed by atoms with E-state index in [4.69, 9.17) is 18.0 Å². The van der Waals surface area contributed by atoms with Crippen LogP contribution in [0, 0.1) is 0 Å². The van der Waals surface area contributed by atoms with E-state index >= 15 is 0 Å². The summed E-state index contributed by atoms with van der Waals surface area (Å²) in [5.41, 5.74) is 8.24. The highest BCUT2D eigenvalue weighted by Crippen LogP contribution is 2.15. The number of nitrogens with two attached hydrogens (primary N) is 1. The van der Waals surface area contributed by atoms with Crippen molar-refractivity contribution in [1.29, 1.82) is 0 Å². The van der Waals surface area contributed by atoms with Gasteiger partial charge >= 0.3 is 0 Å². The standard InChI is InChI=1S/C15H18N2S2/c16-15(18)7-10-17(14-4-2-1-3-5-14)9-6-13-8-11-19-12-13/h1-5,8,11-12H,6-7,9-10H2,(H2,16,18). The van der Waals surface area contributed by atoms with Gasteiger partial charge in [0.1, 0.15) is 0 Å². The molecule has 2 nitrogen and oxygen atoms in total. The fourth-order valence-electron chi connectivity index (χ4n) is 1.95. The first kappa shape index (κ1) is 14.0. The van der Waals surface area contributed by atoms with Crippen molar-refractivity contribution in [1.82, 2.24) is 0 Å². The average Bonchev–Trinajstić information content (AvgIpc) is 2.93. The summed E-state index contributed by atoms with van der Waals surface area (Å²) in [6.07, 6.45) is 1.81. The molecule has 100 valence electrons. The lowest BCUT2D eigenvalue weighted by molar-refractivity contribution is 0.790. The van der Waals surface area contributed by atoms with Crippen LogP contribution >= 0.6 is 23.6 Å². The summed E-state index contributed by atoms with van der Waals surface area (Å²) in [6, 6.07) is 12.6. The van der Waals surface area contributed by atoms with E-state index in [-0.39, 0.29) is 0 Å². The molecule has 0 amide bonds. The Morgan fingerprint density at radius 1 is 1.16 bits per heavy atom. The molecule has 0 saturated carbocycles. The number of rotatable bonds is 7. The maximum Gasteiger partial charge on any atom is 0.0745 e. The second-order valence-electron chi connectivity index (χ2n) is 4.42. The van der Waals surface area contributed by atoms with E-state index in [1.165, 1.54) is 11.3 Å². The van der Waals surface area contributed by atoms with Crippen LogP contribution in [0.15, 0.2) is 47.2 Å². The number of thiocarbonyl (C=S) groups is 1. The first-order valence-corrected chi connectivity index (χ1v) is 7.70. The Labute approximate surface area is 123 Å². The first-order valence-electron chi connectivity index (χ1n) is 6.35. The van der Waals surface area contributed by atoms with Crippen LogP contribution < -0.4 is 10.6 Å². The topological polar surface area (TPSA) is 29.3 Å². The maximum atomic E-state index is 5.62. The SMILES string of the molecule is NC(=S)CCN(CCc1ccsc1)c1ccccc1. The summed E-state index contributed by atoms with van der Waals surface area (Å²) in [7, 11) is 0. The van der Waals surface area contributed by atoms with Crippen LogP contribution in [0.5, 0.6) is 0 Å². The quantitative estimate of drug-likeness (QED) is 0.792. The lowest BCUT2D eigenvalue weighted by atomic mass is 10.2. The average molecular weight is 290 g/mol. The van der Waals surface area contributed by atoms with Crippen molar-refractivity contribution < 1.29 is 0 Å². The third kappa shape index (κ3) is 4.65. The lowest BCUT2D eigenvalue weighted by Gasteiger charge is -2.24. The number of anilines is 1. The highest BCUT2D eigenvalue weighted by Gasteiger charge is 2.07. The number of hydrogen-bond acceptors (Lipinski definition) is 3. The Balaban J connectivity index is 1.99. The molecule has 19 heavy (non-hydrogen) atoms. The Morgan fingerprint density at radius 2 is 1.95 bits per heavy atom. The van der Waals surface area contributed by atoms with Crippen molar-refractivity contribution in [3.63, 3.8) is 0 Å². The third-order valence-corrected chi connectivity index (χ3v) is 3.94. The van der Waals surface area contributed by atoms with Crippen molar-refractivity contribution in [2.45, 2.75) is 12.8 Å². The summed E-state index contributed by atoms with van der Waals surface area (Å²) < 4.78 is 0.